The van der Waals surface area contributed by atoms with Crippen LogP contribution < -0.4 is 10.6 Å². The molecular formula is C21H20N4. The summed E-state index contributed by atoms with van der Waals surface area (Å²) in [6.45, 7) is 1.69. The highest BCUT2D eigenvalue weighted by molar-refractivity contribution is 5.82. The van der Waals surface area contributed by atoms with E-state index in [0.29, 0.717) is 0 Å². The van der Waals surface area contributed by atoms with Crippen molar-refractivity contribution in [3.63, 3.8) is 0 Å². The van der Waals surface area contributed by atoms with Crippen LogP contribution in [0.5, 0.6) is 0 Å². The molecule has 0 saturated carbocycles. The number of rotatable bonds is 6. The first-order chi connectivity index (χ1) is 12.4. The maximum atomic E-state index is 4.02. The zero-order valence-electron chi connectivity index (χ0n) is 13.9. The number of benzene rings is 2. The molecular weight excluding hydrogens is 308 g/mol. The molecule has 2 aromatic heterocycles. The van der Waals surface area contributed by atoms with Gasteiger partial charge in [0.2, 0.25) is 0 Å². The van der Waals surface area contributed by atoms with Crippen LogP contribution in [0.2, 0.25) is 0 Å². The quantitative estimate of drug-likeness (QED) is 0.485. The van der Waals surface area contributed by atoms with Crippen molar-refractivity contribution in [1.29, 1.82) is 0 Å². The fourth-order valence-electron chi connectivity index (χ4n) is 2.93. The van der Waals surface area contributed by atoms with Crippen molar-refractivity contribution in [2.45, 2.75) is 13.1 Å². The molecule has 0 aliphatic rings. The second kappa shape index (κ2) is 7.20. The van der Waals surface area contributed by atoms with E-state index in [9.17, 15) is 0 Å². The van der Waals surface area contributed by atoms with Gasteiger partial charge in [-0.15, -0.1) is 0 Å². The van der Waals surface area contributed by atoms with Crippen LogP contribution in [0.3, 0.4) is 0 Å². The van der Waals surface area contributed by atoms with Gasteiger partial charge in [0.05, 0.1) is 0 Å². The lowest BCUT2D eigenvalue weighted by Crippen LogP contribution is -2.12. The summed E-state index contributed by atoms with van der Waals surface area (Å²) >= 11 is 0. The van der Waals surface area contributed by atoms with Gasteiger partial charge in [-0.3, -0.25) is 4.98 Å². The van der Waals surface area contributed by atoms with Crippen molar-refractivity contribution >= 4 is 22.3 Å². The van der Waals surface area contributed by atoms with Crippen molar-refractivity contribution in [1.82, 2.24) is 15.3 Å². The van der Waals surface area contributed by atoms with Gasteiger partial charge in [0.25, 0.3) is 0 Å². The second-order valence-corrected chi connectivity index (χ2v) is 6.02. The SMILES string of the molecule is c1ccc2c(CNCc3ccc(Nc4ccncc4)cc3)c[nH]c2c1. The minimum absolute atomic E-state index is 0.842. The van der Waals surface area contributed by atoms with Crippen LogP contribution in [0.4, 0.5) is 11.4 Å². The Morgan fingerprint density at radius 2 is 1.56 bits per heavy atom. The second-order valence-electron chi connectivity index (χ2n) is 6.02. The zero-order chi connectivity index (χ0) is 16.9. The Bertz CT molecular complexity index is 942. The van der Waals surface area contributed by atoms with Crippen LogP contribution in [0.1, 0.15) is 11.1 Å². The predicted molar refractivity (Wildman–Crippen MR) is 103 cm³/mol. The Kier molecular flexibility index (Phi) is 4.44. The summed E-state index contributed by atoms with van der Waals surface area (Å²) in [5.74, 6) is 0. The molecule has 0 unspecified atom stereocenters. The summed E-state index contributed by atoms with van der Waals surface area (Å²) in [6, 6.07) is 20.8. The molecule has 0 amide bonds. The summed E-state index contributed by atoms with van der Waals surface area (Å²) in [5, 5.41) is 8.17. The van der Waals surface area contributed by atoms with E-state index in [1.165, 1.54) is 22.0 Å². The summed E-state index contributed by atoms with van der Waals surface area (Å²) < 4.78 is 0. The molecule has 25 heavy (non-hydrogen) atoms. The van der Waals surface area contributed by atoms with E-state index in [4.69, 9.17) is 0 Å². The number of nitrogens with one attached hydrogen (secondary N) is 3. The number of fused-ring (bicyclic) bond motifs is 1. The molecule has 0 bridgehead atoms. The molecule has 0 saturated heterocycles. The summed E-state index contributed by atoms with van der Waals surface area (Å²) in [4.78, 5) is 7.34. The van der Waals surface area contributed by atoms with E-state index in [1.54, 1.807) is 12.4 Å². The fraction of sp³-hybridized carbons (Fsp3) is 0.0952. The highest BCUT2D eigenvalue weighted by Crippen LogP contribution is 2.18. The summed E-state index contributed by atoms with van der Waals surface area (Å²) in [7, 11) is 0. The van der Waals surface area contributed by atoms with Crippen molar-refractivity contribution in [3.8, 4) is 0 Å². The number of aromatic nitrogens is 2. The minimum atomic E-state index is 0.842. The molecule has 0 radical (unpaired) electrons. The first kappa shape index (κ1) is 15.4. The van der Waals surface area contributed by atoms with Crippen LogP contribution in [0.15, 0.2) is 79.3 Å². The lowest BCUT2D eigenvalue weighted by atomic mass is 10.1. The number of hydrogen-bond donors (Lipinski definition) is 3. The Hall–Kier alpha value is -3.11. The van der Waals surface area contributed by atoms with E-state index in [2.05, 4.69) is 75.3 Å². The fourth-order valence-corrected chi connectivity index (χ4v) is 2.93. The van der Waals surface area contributed by atoms with Crippen LogP contribution >= 0.6 is 0 Å². The largest absolute Gasteiger partial charge is 0.361 e. The van der Waals surface area contributed by atoms with E-state index in [-0.39, 0.29) is 0 Å². The number of H-pyrrole nitrogens is 1. The van der Waals surface area contributed by atoms with Gasteiger partial charge in [0.15, 0.2) is 0 Å². The van der Waals surface area contributed by atoms with Crippen LogP contribution in [-0.2, 0) is 13.1 Å². The molecule has 0 spiro atoms. The molecule has 4 rings (SSSR count). The monoisotopic (exact) mass is 328 g/mol. The Morgan fingerprint density at radius 3 is 2.40 bits per heavy atom. The van der Waals surface area contributed by atoms with E-state index < -0.39 is 0 Å². The molecule has 0 atom stereocenters. The number of anilines is 2. The van der Waals surface area contributed by atoms with Crippen molar-refractivity contribution in [2.75, 3.05) is 5.32 Å². The molecule has 0 aliphatic carbocycles. The highest BCUT2D eigenvalue weighted by Gasteiger charge is 2.02. The van der Waals surface area contributed by atoms with E-state index in [1.807, 2.05) is 12.1 Å². The van der Waals surface area contributed by atoms with Crippen LogP contribution in [-0.4, -0.2) is 9.97 Å². The topological polar surface area (TPSA) is 52.7 Å². The smallest absolute Gasteiger partial charge is 0.0457 e. The number of aromatic amines is 1. The van der Waals surface area contributed by atoms with Gasteiger partial charge in [0, 0.05) is 54.0 Å². The average molecular weight is 328 g/mol. The Morgan fingerprint density at radius 1 is 0.800 bits per heavy atom. The molecule has 4 nitrogen and oxygen atoms in total. The number of nitrogens with zero attached hydrogens (tertiary/aromatic N) is 1. The normalized spacial score (nSPS) is 10.9. The van der Waals surface area contributed by atoms with Gasteiger partial charge >= 0.3 is 0 Å². The van der Waals surface area contributed by atoms with Crippen molar-refractivity contribution in [3.05, 3.63) is 90.4 Å². The van der Waals surface area contributed by atoms with Crippen molar-refractivity contribution < 1.29 is 0 Å². The molecule has 4 aromatic rings. The summed E-state index contributed by atoms with van der Waals surface area (Å²) in [5.41, 5.74) is 5.87. The van der Waals surface area contributed by atoms with Crippen LogP contribution in [0.25, 0.3) is 10.9 Å². The average Bonchev–Trinajstić information content (AvgIpc) is 3.07. The van der Waals surface area contributed by atoms with Gasteiger partial charge in [-0.25, -0.2) is 0 Å². The third-order valence-electron chi connectivity index (χ3n) is 4.24. The van der Waals surface area contributed by atoms with Gasteiger partial charge in [0.1, 0.15) is 0 Å². The number of para-hydroxylation sites is 1. The molecule has 0 fully saturated rings. The van der Waals surface area contributed by atoms with Gasteiger partial charge in [-0.05, 0) is 41.5 Å². The third-order valence-corrected chi connectivity index (χ3v) is 4.24. The molecule has 2 heterocycles. The van der Waals surface area contributed by atoms with E-state index in [0.717, 1.165) is 24.5 Å². The first-order valence-corrected chi connectivity index (χ1v) is 8.40. The standard InChI is InChI=1S/C21H20N4/c1-2-4-21-20(3-1)17(15-24-21)14-23-13-16-5-7-18(8-6-16)25-19-9-11-22-12-10-19/h1-12,15,23-24H,13-14H2,(H,22,25). The Labute approximate surface area is 146 Å². The molecule has 4 heteroatoms. The number of hydrogen-bond acceptors (Lipinski definition) is 3. The molecule has 124 valence electrons. The first-order valence-electron chi connectivity index (χ1n) is 8.40. The molecule has 2 aromatic carbocycles. The molecule has 0 aliphatic heterocycles. The lowest BCUT2D eigenvalue weighted by molar-refractivity contribution is 0.696. The minimum Gasteiger partial charge on any atom is -0.361 e. The van der Waals surface area contributed by atoms with Gasteiger partial charge in [-0.1, -0.05) is 30.3 Å². The van der Waals surface area contributed by atoms with Gasteiger partial charge < -0.3 is 15.6 Å². The van der Waals surface area contributed by atoms with Crippen molar-refractivity contribution in [2.24, 2.45) is 0 Å². The maximum Gasteiger partial charge on any atom is 0.0457 e. The highest BCUT2D eigenvalue weighted by atomic mass is 14.9. The summed E-state index contributed by atoms with van der Waals surface area (Å²) in [6.07, 6.45) is 5.65. The zero-order valence-corrected chi connectivity index (χ0v) is 13.9. The predicted octanol–water partition coefficient (Wildman–Crippen LogP) is 4.60. The van der Waals surface area contributed by atoms with Crippen LogP contribution in [0, 0.1) is 0 Å². The Balaban J connectivity index is 1.34. The van der Waals surface area contributed by atoms with E-state index >= 15 is 0 Å². The third kappa shape index (κ3) is 3.70. The lowest BCUT2D eigenvalue weighted by Gasteiger charge is -2.08. The molecule has 3 N–H and O–H groups in total. The maximum absolute atomic E-state index is 4.02. The van der Waals surface area contributed by atoms with Gasteiger partial charge in [-0.2, -0.15) is 0 Å². The number of pyridine rings is 1.